The van der Waals surface area contributed by atoms with E-state index in [9.17, 15) is 9.59 Å². The number of amides is 2. The quantitative estimate of drug-likeness (QED) is 0.898. The Morgan fingerprint density at radius 2 is 2.05 bits per heavy atom. The molecule has 22 heavy (non-hydrogen) atoms. The Labute approximate surface area is 132 Å². The molecule has 2 N–H and O–H groups in total. The third-order valence-corrected chi connectivity index (χ3v) is 4.12. The molecule has 0 unspecified atom stereocenters. The van der Waals surface area contributed by atoms with Crippen molar-refractivity contribution in [1.82, 2.24) is 10.2 Å². The largest absolute Gasteiger partial charge is 0.345 e. The van der Waals surface area contributed by atoms with Gasteiger partial charge >= 0.3 is 0 Å². The average Bonchev–Trinajstić information content (AvgIpc) is 2.46. The Morgan fingerprint density at radius 3 is 2.64 bits per heavy atom. The van der Waals surface area contributed by atoms with Crippen molar-refractivity contribution in [3.8, 4) is 0 Å². The van der Waals surface area contributed by atoms with Crippen molar-refractivity contribution >= 4 is 17.5 Å². The van der Waals surface area contributed by atoms with Gasteiger partial charge in [-0.2, -0.15) is 0 Å². The summed E-state index contributed by atoms with van der Waals surface area (Å²) in [5, 5.41) is 6.32. The second-order valence-electron chi connectivity index (χ2n) is 6.30. The van der Waals surface area contributed by atoms with Crippen LogP contribution < -0.4 is 10.6 Å². The third kappa shape index (κ3) is 3.85. The zero-order valence-electron chi connectivity index (χ0n) is 13.8. The smallest absolute Gasteiger partial charge is 0.253 e. The number of anilines is 1. The fraction of sp³-hybridized carbons (Fsp3) is 0.529. The van der Waals surface area contributed by atoms with E-state index >= 15 is 0 Å². The van der Waals surface area contributed by atoms with Crippen LogP contribution in [-0.2, 0) is 4.79 Å². The zero-order chi connectivity index (χ0) is 16.3. The van der Waals surface area contributed by atoms with E-state index in [0.717, 1.165) is 30.6 Å². The van der Waals surface area contributed by atoms with E-state index in [-0.39, 0.29) is 17.7 Å². The molecule has 0 saturated carbocycles. The maximum Gasteiger partial charge on any atom is 0.253 e. The Bertz CT molecular complexity index is 569. The maximum absolute atomic E-state index is 12.3. The van der Waals surface area contributed by atoms with Gasteiger partial charge in [-0.25, -0.2) is 0 Å². The molecule has 2 atom stereocenters. The molecular formula is C17H25N3O2. The van der Waals surface area contributed by atoms with Gasteiger partial charge in [0.25, 0.3) is 5.91 Å². The number of nitrogens with zero attached hydrogens (tertiary/aromatic N) is 1. The molecule has 2 amide bonds. The van der Waals surface area contributed by atoms with Gasteiger partial charge in [0, 0.05) is 37.3 Å². The van der Waals surface area contributed by atoms with Crippen molar-refractivity contribution in [3.63, 3.8) is 0 Å². The fourth-order valence-electron chi connectivity index (χ4n) is 2.84. The number of piperidine rings is 1. The second kappa shape index (κ2) is 6.92. The molecule has 1 aromatic carbocycles. The predicted octanol–water partition coefficient (Wildman–Crippen LogP) is 2.02. The number of carbonyl (C=O) groups is 2. The van der Waals surface area contributed by atoms with Crippen molar-refractivity contribution in [1.29, 1.82) is 0 Å². The SMILES string of the molecule is Cc1cc(NC(=O)[C@H]2CCN[C@@H](C)C2)ccc1C(=O)N(C)C. The lowest BCUT2D eigenvalue weighted by molar-refractivity contribution is -0.120. The van der Waals surface area contributed by atoms with Gasteiger partial charge in [0.2, 0.25) is 5.91 Å². The monoisotopic (exact) mass is 303 g/mol. The van der Waals surface area contributed by atoms with Crippen LogP contribution >= 0.6 is 0 Å². The Kier molecular flexibility index (Phi) is 5.19. The summed E-state index contributed by atoms with van der Waals surface area (Å²) in [4.78, 5) is 25.9. The number of benzene rings is 1. The molecule has 1 fully saturated rings. The first-order chi connectivity index (χ1) is 10.4. The van der Waals surface area contributed by atoms with E-state index in [4.69, 9.17) is 0 Å². The summed E-state index contributed by atoms with van der Waals surface area (Å²) in [5.41, 5.74) is 2.29. The van der Waals surface area contributed by atoms with Gasteiger partial charge in [-0.3, -0.25) is 9.59 Å². The maximum atomic E-state index is 12.3. The normalized spacial score (nSPS) is 21.3. The first-order valence-electron chi connectivity index (χ1n) is 7.75. The summed E-state index contributed by atoms with van der Waals surface area (Å²) < 4.78 is 0. The van der Waals surface area contributed by atoms with Crippen molar-refractivity contribution in [2.45, 2.75) is 32.7 Å². The molecule has 1 aliphatic rings. The lowest BCUT2D eigenvalue weighted by atomic mass is 9.92. The molecule has 5 nitrogen and oxygen atoms in total. The fourth-order valence-corrected chi connectivity index (χ4v) is 2.84. The van der Waals surface area contributed by atoms with Crippen LogP contribution in [0.25, 0.3) is 0 Å². The van der Waals surface area contributed by atoms with Gasteiger partial charge in [0.1, 0.15) is 0 Å². The minimum absolute atomic E-state index is 0.0254. The molecule has 5 heteroatoms. The highest BCUT2D eigenvalue weighted by molar-refractivity contribution is 5.97. The molecule has 2 rings (SSSR count). The van der Waals surface area contributed by atoms with E-state index in [1.165, 1.54) is 0 Å². The van der Waals surface area contributed by atoms with Crippen LogP contribution in [0.2, 0.25) is 0 Å². The van der Waals surface area contributed by atoms with E-state index in [2.05, 4.69) is 17.6 Å². The summed E-state index contributed by atoms with van der Waals surface area (Å²) in [6, 6.07) is 5.81. The van der Waals surface area contributed by atoms with Gasteiger partial charge in [0.05, 0.1) is 0 Å². The molecule has 0 bridgehead atoms. The first-order valence-corrected chi connectivity index (χ1v) is 7.75. The Hall–Kier alpha value is -1.88. The molecule has 0 spiro atoms. The van der Waals surface area contributed by atoms with Crippen molar-refractivity contribution in [2.24, 2.45) is 5.92 Å². The Morgan fingerprint density at radius 1 is 1.32 bits per heavy atom. The van der Waals surface area contributed by atoms with Gasteiger partial charge in [-0.15, -0.1) is 0 Å². The predicted molar refractivity (Wildman–Crippen MR) is 88.0 cm³/mol. The van der Waals surface area contributed by atoms with E-state index < -0.39 is 0 Å². The van der Waals surface area contributed by atoms with E-state index in [0.29, 0.717) is 11.6 Å². The summed E-state index contributed by atoms with van der Waals surface area (Å²) in [6.07, 6.45) is 1.73. The molecule has 0 radical (unpaired) electrons. The van der Waals surface area contributed by atoms with Gasteiger partial charge < -0.3 is 15.5 Å². The summed E-state index contributed by atoms with van der Waals surface area (Å²) in [5.74, 6) is 0.0987. The number of aryl methyl sites for hydroxylation is 1. The zero-order valence-corrected chi connectivity index (χ0v) is 13.8. The van der Waals surface area contributed by atoms with Crippen molar-refractivity contribution in [3.05, 3.63) is 29.3 Å². The molecule has 0 aliphatic carbocycles. The van der Waals surface area contributed by atoms with E-state index in [1.807, 2.05) is 13.0 Å². The average molecular weight is 303 g/mol. The minimum atomic E-state index is -0.0254. The highest BCUT2D eigenvalue weighted by Gasteiger charge is 2.24. The van der Waals surface area contributed by atoms with Gasteiger partial charge in [-0.1, -0.05) is 0 Å². The van der Waals surface area contributed by atoms with Crippen LogP contribution in [0.3, 0.4) is 0 Å². The van der Waals surface area contributed by atoms with Crippen molar-refractivity contribution < 1.29 is 9.59 Å². The summed E-state index contributed by atoms with van der Waals surface area (Å²) in [6.45, 7) is 4.87. The number of hydrogen-bond acceptors (Lipinski definition) is 3. The Balaban J connectivity index is 2.06. The number of carbonyl (C=O) groups excluding carboxylic acids is 2. The van der Waals surface area contributed by atoms with E-state index in [1.54, 1.807) is 31.1 Å². The van der Waals surface area contributed by atoms with Crippen LogP contribution in [0, 0.1) is 12.8 Å². The highest BCUT2D eigenvalue weighted by Crippen LogP contribution is 2.21. The van der Waals surface area contributed by atoms with Gasteiger partial charge in [0.15, 0.2) is 0 Å². The molecule has 1 heterocycles. The van der Waals surface area contributed by atoms with Crippen LogP contribution in [0.4, 0.5) is 5.69 Å². The summed E-state index contributed by atoms with van der Waals surface area (Å²) >= 11 is 0. The molecular weight excluding hydrogens is 278 g/mol. The third-order valence-electron chi connectivity index (χ3n) is 4.12. The molecule has 1 aromatic rings. The standard InChI is InChI=1S/C17H25N3O2/c1-11-9-14(5-6-15(11)17(22)20(3)4)19-16(21)13-7-8-18-12(2)10-13/h5-6,9,12-13,18H,7-8,10H2,1-4H3,(H,19,21)/t12-,13-/m0/s1. The molecule has 1 aliphatic heterocycles. The molecule has 1 saturated heterocycles. The second-order valence-corrected chi connectivity index (χ2v) is 6.30. The van der Waals surface area contributed by atoms with Crippen LogP contribution in [0.15, 0.2) is 18.2 Å². The van der Waals surface area contributed by atoms with Crippen LogP contribution in [0.1, 0.15) is 35.7 Å². The lowest BCUT2D eigenvalue weighted by Gasteiger charge is -2.27. The van der Waals surface area contributed by atoms with Crippen molar-refractivity contribution in [2.75, 3.05) is 26.0 Å². The first kappa shape index (κ1) is 16.5. The molecule has 120 valence electrons. The summed E-state index contributed by atoms with van der Waals surface area (Å²) in [7, 11) is 3.46. The van der Waals surface area contributed by atoms with Gasteiger partial charge in [-0.05, 0) is 57.0 Å². The minimum Gasteiger partial charge on any atom is -0.345 e. The number of hydrogen-bond donors (Lipinski definition) is 2. The number of nitrogens with one attached hydrogen (secondary N) is 2. The number of rotatable bonds is 3. The topological polar surface area (TPSA) is 61.4 Å². The molecule has 0 aromatic heterocycles. The lowest BCUT2D eigenvalue weighted by Crippen LogP contribution is -2.40. The highest BCUT2D eigenvalue weighted by atomic mass is 16.2. The van der Waals surface area contributed by atoms with Crippen LogP contribution in [0.5, 0.6) is 0 Å². The van der Waals surface area contributed by atoms with Crippen LogP contribution in [-0.4, -0.2) is 43.4 Å².